The Hall–Kier alpha value is -1.30. The molecule has 0 bridgehead atoms. The van der Waals surface area contributed by atoms with E-state index in [0.29, 0.717) is 0 Å². The number of nitrogens with zero attached hydrogens (tertiary/aromatic N) is 3. The van der Waals surface area contributed by atoms with Crippen LogP contribution >= 0.6 is 11.8 Å². The second kappa shape index (κ2) is 6.92. The minimum Gasteiger partial charge on any atom is -0.353 e. The molecule has 0 saturated carbocycles. The third-order valence-corrected chi connectivity index (χ3v) is 4.04. The van der Waals surface area contributed by atoms with Crippen LogP contribution in [-0.4, -0.2) is 41.3 Å². The molecule has 0 aliphatic carbocycles. The molecule has 1 aromatic rings. The van der Waals surface area contributed by atoms with Gasteiger partial charge in [0.05, 0.1) is 12.4 Å². The van der Waals surface area contributed by atoms with Crippen molar-refractivity contribution in [3.05, 3.63) is 12.4 Å². The molecule has 6 heteroatoms. The van der Waals surface area contributed by atoms with Gasteiger partial charge in [0.25, 0.3) is 0 Å². The SMILES string of the molecule is CSc1cncc(N2CCC[C@@H](NC(=O)C(C)C)C2)n1. The Balaban J connectivity index is 2.00. The van der Waals surface area contributed by atoms with Gasteiger partial charge in [-0.2, -0.15) is 0 Å². The van der Waals surface area contributed by atoms with Crippen LogP contribution in [0.15, 0.2) is 17.4 Å². The summed E-state index contributed by atoms with van der Waals surface area (Å²) in [7, 11) is 0. The number of piperidine rings is 1. The average molecular weight is 294 g/mol. The molecule has 1 saturated heterocycles. The Morgan fingerprint density at radius 1 is 1.50 bits per heavy atom. The second-order valence-corrected chi connectivity index (χ2v) is 6.19. The molecule has 110 valence electrons. The highest BCUT2D eigenvalue weighted by atomic mass is 32.2. The highest BCUT2D eigenvalue weighted by molar-refractivity contribution is 7.98. The van der Waals surface area contributed by atoms with E-state index in [0.717, 1.165) is 36.8 Å². The smallest absolute Gasteiger partial charge is 0.222 e. The number of hydrogen-bond acceptors (Lipinski definition) is 5. The summed E-state index contributed by atoms with van der Waals surface area (Å²) in [4.78, 5) is 22.8. The minimum absolute atomic E-state index is 0.0324. The van der Waals surface area contributed by atoms with Crippen molar-refractivity contribution in [2.24, 2.45) is 5.92 Å². The fourth-order valence-electron chi connectivity index (χ4n) is 2.26. The summed E-state index contributed by atoms with van der Waals surface area (Å²) in [6.07, 6.45) is 7.66. The minimum atomic E-state index is 0.0324. The van der Waals surface area contributed by atoms with E-state index in [1.165, 1.54) is 0 Å². The molecule has 2 heterocycles. The van der Waals surface area contributed by atoms with E-state index in [1.807, 2.05) is 20.1 Å². The Morgan fingerprint density at radius 2 is 2.30 bits per heavy atom. The number of rotatable bonds is 4. The molecule has 20 heavy (non-hydrogen) atoms. The second-order valence-electron chi connectivity index (χ2n) is 5.37. The van der Waals surface area contributed by atoms with Gasteiger partial charge in [-0.3, -0.25) is 9.78 Å². The molecule has 1 atom stereocenters. The lowest BCUT2D eigenvalue weighted by atomic mass is 10.0. The fourth-order valence-corrected chi connectivity index (χ4v) is 2.61. The van der Waals surface area contributed by atoms with E-state index in [-0.39, 0.29) is 17.9 Å². The van der Waals surface area contributed by atoms with Crippen LogP contribution in [0.25, 0.3) is 0 Å². The van der Waals surface area contributed by atoms with Crippen LogP contribution in [0.2, 0.25) is 0 Å². The quantitative estimate of drug-likeness (QED) is 0.860. The van der Waals surface area contributed by atoms with Crippen molar-refractivity contribution < 1.29 is 4.79 Å². The predicted molar refractivity (Wildman–Crippen MR) is 82.0 cm³/mol. The van der Waals surface area contributed by atoms with Crippen LogP contribution in [0.5, 0.6) is 0 Å². The highest BCUT2D eigenvalue weighted by Crippen LogP contribution is 2.20. The summed E-state index contributed by atoms with van der Waals surface area (Å²) >= 11 is 1.59. The number of nitrogens with one attached hydrogen (secondary N) is 1. The Morgan fingerprint density at radius 3 is 3.00 bits per heavy atom. The first-order chi connectivity index (χ1) is 9.60. The first kappa shape index (κ1) is 15.1. The third-order valence-electron chi connectivity index (χ3n) is 3.43. The molecule has 0 unspecified atom stereocenters. The van der Waals surface area contributed by atoms with Gasteiger partial charge in [-0.25, -0.2) is 4.98 Å². The summed E-state index contributed by atoms with van der Waals surface area (Å²) in [5, 5.41) is 4.04. The molecule has 1 N–H and O–H groups in total. The van der Waals surface area contributed by atoms with Crippen molar-refractivity contribution in [1.29, 1.82) is 0 Å². The number of hydrogen-bond donors (Lipinski definition) is 1. The number of carbonyl (C=O) groups is 1. The lowest BCUT2D eigenvalue weighted by Crippen LogP contribution is -2.49. The lowest BCUT2D eigenvalue weighted by molar-refractivity contribution is -0.124. The molecule has 5 nitrogen and oxygen atoms in total. The van der Waals surface area contributed by atoms with E-state index in [9.17, 15) is 4.79 Å². The third kappa shape index (κ3) is 3.85. The maximum absolute atomic E-state index is 11.8. The molecule has 0 radical (unpaired) electrons. The summed E-state index contributed by atoms with van der Waals surface area (Å²) in [6, 6.07) is 0.207. The molecule has 1 aliphatic heterocycles. The molecule has 1 fully saturated rings. The summed E-state index contributed by atoms with van der Waals surface area (Å²) in [5.41, 5.74) is 0. The standard InChI is InChI=1S/C14H22N4OS/c1-10(2)14(19)16-11-5-4-6-18(9-11)12-7-15-8-13(17-12)20-3/h7-8,10-11H,4-6,9H2,1-3H3,(H,16,19)/t11-/m1/s1. The Labute approximate surface area is 124 Å². The van der Waals surface area contributed by atoms with E-state index < -0.39 is 0 Å². The molecule has 1 aliphatic rings. The van der Waals surface area contributed by atoms with Gasteiger partial charge in [-0.05, 0) is 19.1 Å². The molecular weight excluding hydrogens is 272 g/mol. The average Bonchev–Trinajstić information content (AvgIpc) is 2.47. The number of anilines is 1. The summed E-state index contributed by atoms with van der Waals surface area (Å²) in [5.74, 6) is 1.06. The number of thioether (sulfide) groups is 1. The van der Waals surface area contributed by atoms with Gasteiger partial charge >= 0.3 is 0 Å². The van der Waals surface area contributed by atoms with Crippen molar-refractivity contribution in [1.82, 2.24) is 15.3 Å². The van der Waals surface area contributed by atoms with Crippen LogP contribution in [0, 0.1) is 5.92 Å². The maximum Gasteiger partial charge on any atom is 0.222 e. The summed E-state index contributed by atoms with van der Waals surface area (Å²) in [6.45, 7) is 5.62. The predicted octanol–water partition coefficient (Wildman–Crippen LogP) is 1.94. The fraction of sp³-hybridized carbons (Fsp3) is 0.643. The molecule has 0 aromatic carbocycles. The Kier molecular flexibility index (Phi) is 5.23. The van der Waals surface area contributed by atoms with Crippen molar-refractivity contribution in [2.45, 2.75) is 37.8 Å². The number of carbonyl (C=O) groups excluding carboxylic acids is 1. The number of amides is 1. The molecule has 1 amide bonds. The highest BCUT2D eigenvalue weighted by Gasteiger charge is 2.23. The monoisotopic (exact) mass is 294 g/mol. The largest absolute Gasteiger partial charge is 0.353 e. The van der Waals surface area contributed by atoms with Gasteiger partial charge in [0, 0.05) is 25.0 Å². The topological polar surface area (TPSA) is 58.1 Å². The zero-order valence-corrected chi connectivity index (χ0v) is 13.1. The van der Waals surface area contributed by atoms with Crippen LogP contribution in [0.4, 0.5) is 5.82 Å². The van der Waals surface area contributed by atoms with E-state index >= 15 is 0 Å². The molecule has 2 rings (SSSR count). The van der Waals surface area contributed by atoms with E-state index in [4.69, 9.17) is 0 Å². The first-order valence-electron chi connectivity index (χ1n) is 7.01. The van der Waals surface area contributed by atoms with E-state index in [1.54, 1.807) is 24.2 Å². The Bertz CT molecular complexity index is 466. The molecule has 1 aromatic heterocycles. The van der Waals surface area contributed by atoms with Crippen molar-refractivity contribution in [3.8, 4) is 0 Å². The van der Waals surface area contributed by atoms with Gasteiger partial charge in [0.2, 0.25) is 5.91 Å². The zero-order chi connectivity index (χ0) is 14.5. The van der Waals surface area contributed by atoms with Crippen LogP contribution in [-0.2, 0) is 4.79 Å². The van der Waals surface area contributed by atoms with Crippen molar-refractivity contribution >= 4 is 23.5 Å². The first-order valence-corrected chi connectivity index (χ1v) is 8.24. The number of aromatic nitrogens is 2. The van der Waals surface area contributed by atoms with Crippen molar-refractivity contribution in [2.75, 3.05) is 24.2 Å². The maximum atomic E-state index is 11.8. The lowest BCUT2D eigenvalue weighted by Gasteiger charge is -2.34. The van der Waals surface area contributed by atoms with Crippen molar-refractivity contribution in [3.63, 3.8) is 0 Å². The van der Waals surface area contributed by atoms with Crippen LogP contribution in [0.3, 0.4) is 0 Å². The van der Waals surface area contributed by atoms with Gasteiger partial charge in [-0.15, -0.1) is 11.8 Å². The van der Waals surface area contributed by atoms with Gasteiger partial charge in [-0.1, -0.05) is 13.8 Å². The molecule has 0 spiro atoms. The van der Waals surface area contributed by atoms with E-state index in [2.05, 4.69) is 20.2 Å². The molecular formula is C14H22N4OS. The summed E-state index contributed by atoms with van der Waals surface area (Å²) < 4.78 is 0. The van der Waals surface area contributed by atoms with Crippen LogP contribution < -0.4 is 10.2 Å². The zero-order valence-electron chi connectivity index (χ0n) is 12.3. The van der Waals surface area contributed by atoms with Crippen LogP contribution in [0.1, 0.15) is 26.7 Å². The van der Waals surface area contributed by atoms with Gasteiger partial charge < -0.3 is 10.2 Å². The van der Waals surface area contributed by atoms with Gasteiger partial charge in [0.15, 0.2) is 0 Å². The normalized spacial score (nSPS) is 19.2. The van der Waals surface area contributed by atoms with Gasteiger partial charge in [0.1, 0.15) is 10.8 Å².